The molecule has 2 heterocycles. The van der Waals surface area contributed by atoms with Crippen LogP contribution in [-0.4, -0.2) is 43.6 Å². The summed E-state index contributed by atoms with van der Waals surface area (Å²) in [6.45, 7) is 3.35. The van der Waals surface area contributed by atoms with Crippen molar-refractivity contribution in [3.8, 4) is 22.5 Å². The SMILES string of the molecule is CC(C)(O)CNc1nc(-c2cc(F)c(F)c(F)c2)cn2c(-c3ccc(C(=O)NC4CC4)cc3)cnc12. The van der Waals surface area contributed by atoms with E-state index >= 15 is 0 Å². The van der Waals surface area contributed by atoms with E-state index in [1.807, 2.05) is 0 Å². The smallest absolute Gasteiger partial charge is 0.251 e. The molecule has 0 radical (unpaired) electrons. The van der Waals surface area contributed by atoms with Crippen LogP contribution in [-0.2, 0) is 0 Å². The van der Waals surface area contributed by atoms with Gasteiger partial charge in [-0.15, -0.1) is 0 Å². The van der Waals surface area contributed by atoms with Gasteiger partial charge in [-0.25, -0.2) is 23.1 Å². The number of halogens is 3. The summed E-state index contributed by atoms with van der Waals surface area (Å²) in [4.78, 5) is 21.2. The first-order valence-corrected chi connectivity index (χ1v) is 11.5. The van der Waals surface area contributed by atoms with Crippen LogP contribution < -0.4 is 10.6 Å². The number of hydrogen-bond acceptors (Lipinski definition) is 5. The van der Waals surface area contributed by atoms with Crippen LogP contribution >= 0.6 is 0 Å². The van der Waals surface area contributed by atoms with E-state index in [2.05, 4.69) is 20.6 Å². The number of nitrogens with one attached hydrogen (secondary N) is 2. The second kappa shape index (κ2) is 8.94. The Labute approximate surface area is 205 Å². The summed E-state index contributed by atoms with van der Waals surface area (Å²) >= 11 is 0. The molecular weight excluding hydrogens is 471 g/mol. The maximum atomic E-state index is 14.0. The minimum atomic E-state index is -1.56. The van der Waals surface area contributed by atoms with Gasteiger partial charge >= 0.3 is 0 Å². The number of imidazole rings is 1. The quantitative estimate of drug-likeness (QED) is 0.327. The Bertz CT molecular complexity index is 1430. The average molecular weight is 496 g/mol. The van der Waals surface area contributed by atoms with Gasteiger partial charge in [0.2, 0.25) is 0 Å². The second-order valence-electron chi connectivity index (χ2n) is 9.56. The first-order valence-electron chi connectivity index (χ1n) is 11.5. The number of benzene rings is 2. The van der Waals surface area contributed by atoms with Gasteiger partial charge < -0.3 is 15.7 Å². The molecule has 1 amide bonds. The molecule has 0 saturated heterocycles. The van der Waals surface area contributed by atoms with Gasteiger partial charge in [-0.05, 0) is 51.0 Å². The number of fused-ring (bicyclic) bond motifs is 1. The minimum Gasteiger partial charge on any atom is -0.389 e. The van der Waals surface area contributed by atoms with Crippen LogP contribution in [0.15, 0.2) is 48.8 Å². The van der Waals surface area contributed by atoms with E-state index in [1.54, 1.807) is 54.9 Å². The Hall–Kier alpha value is -3.92. The summed E-state index contributed by atoms with van der Waals surface area (Å²) in [7, 11) is 0. The zero-order valence-corrected chi connectivity index (χ0v) is 19.6. The lowest BCUT2D eigenvalue weighted by Crippen LogP contribution is -2.29. The van der Waals surface area contributed by atoms with Crippen LogP contribution in [0.4, 0.5) is 19.0 Å². The molecule has 2 aromatic heterocycles. The Balaban J connectivity index is 1.58. The molecule has 10 heteroatoms. The Morgan fingerprint density at radius 1 is 1.11 bits per heavy atom. The Morgan fingerprint density at radius 3 is 2.39 bits per heavy atom. The number of carbonyl (C=O) groups excluding carboxylic acids is 1. The number of amides is 1. The standard InChI is InChI=1S/C26H24F3N5O2/c1-26(2,36)13-31-23-24-30-11-21(14-3-5-15(6-4-14)25(35)32-17-7-8-17)34(24)12-20(33-23)16-9-18(27)22(29)19(28)10-16/h3-6,9-12,17,36H,7-8,13H2,1-2H3,(H,31,33)(H,32,35). The number of anilines is 1. The summed E-state index contributed by atoms with van der Waals surface area (Å²) in [6.07, 6.45) is 5.15. The maximum Gasteiger partial charge on any atom is 0.251 e. The molecule has 186 valence electrons. The topological polar surface area (TPSA) is 91.5 Å². The largest absolute Gasteiger partial charge is 0.389 e. The Morgan fingerprint density at radius 2 is 1.78 bits per heavy atom. The van der Waals surface area contributed by atoms with Gasteiger partial charge in [0.1, 0.15) is 0 Å². The van der Waals surface area contributed by atoms with Crippen molar-refractivity contribution in [3.63, 3.8) is 0 Å². The van der Waals surface area contributed by atoms with Crippen molar-refractivity contribution in [1.29, 1.82) is 0 Å². The lowest BCUT2D eigenvalue weighted by atomic mass is 10.1. The van der Waals surface area contributed by atoms with Crippen molar-refractivity contribution in [3.05, 3.63) is 71.8 Å². The number of aromatic nitrogens is 3. The predicted molar refractivity (Wildman–Crippen MR) is 129 cm³/mol. The fourth-order valence-electron chi connectivity index (χ4n) is 3.75. The van der Waals surface area contributed by atoms with Gasteiger partial charge in [0.25, 0.3) is 5.91 Å². The molecule has 3 N–H and O–H groups in total. The van der Waals surface area contributed by atoms with Crippen molar-refractivity contribution in [1.82, 2.24) is 19.7 Å². The molecule has 1 saturated carbocycles. The first kappa shape index (κ1) is 23.8. The van der Waals surface area contributed by atoms with Crippen molar-refractivity contribution in [2.75, 3.05) is 11.9 Å². The highest BCUT2D eigenvalue weighted by Gasteiger charge is 2.24. The molecule has 2 aromatic carbocycles. The number of aliphatic hydroxyl groups is 1. The summed E-state index contributed by atoms with van der Waals surface area (Å²) in [5.41, 5.74) is 1.45. The zero-order valence-electron chi connectivity index (χ0n) is 19.6. The molecule has 5 rings (SSSR count). The Kier molecular flexibility index (Phi) is 5.91. The van der Waals surface area contributed by atoms with Gasteiger partial charge in [-0.3, -0.25) is 9.20 Å². The van der Waals surface area contributed by atoms with E-state index < -0.39 is 23.1 Å². The third-order valence-corrected chi connectivity index (χ3v) is 5.82. The van der Waals surface area contributed by atoms with Gasteiger partial charge in [0.05, 0.1) is 23.2 Å². The molecule has 0 spiro atoms. The molecule has 1 aliphatic rings. The summed E-state index contributed by atoms with van der Waals surface area (Å²) in [5, 5.41) is 16.1. The maximum absolute atomic E-state index is 14.0. The molecule has 4 aromatic rings. The monoisotopic (exact) mass is 495 g/mol. The fourth-order valence-corrected chi connectivity index (χ4v) is 3.75. The van der Waals surface area contributed by atoms with Crippen LogP contribution in [0.1, 0.15) is 37.0 Å². The molecule has 0 atom stereocenters. The third kappa shape index (κ3) is 4.90. The fraction of sp³-hybridized carbons (Fsp3) is 0.269. The highest BCUT2D eigenvalue weighted by Crippen LogP contribution is 2.30. The first-order chi connectivity index (χ1) is 17.1. The van der Waals surface area contributed by atoms with Crippen LogP contribution in [0.3, 0.4) is 0 Å². The number of carbonyl (C=O) groups is 1. The van der Waals surface area contributed by atoms with Crippen LogP contribution in [0.25, 0.3) is 28.2 Å². The van der Waals surface area contributed by atoms with Crippen LogP contribution in [0.2, 0.25) is 0 Å². The molecule has 1 fully saturated rings. The van der Waals surface area contributed by atoms with E-state index in [4.69, 9.17) is 0 Å². The summed E-state index contributed by atoms with van der Waals surface area (Å²) < 4.78 is 43.2. The normalized spacial score (nSPS) is 13.7. The highest BCUT2D eigenvalue weighted by molar-refractivity contribution is 5.95. The van der Waals surface area contributed by atoms with Crippen molar-refractivity contribution in [2.45, 2.75) is 38.3 Å². The van der Waals surface area contributed by atoms with Crippen molar-refractivity contribution >= 4 is 17.4 Å². The predicted octanol–water partition coefficient (Wildman–Crippen LogP) is 4.56. The van der Waals surface area contributed by atoms with E-state index in [-0.39, 0.29) is 35.6 Å². The molecule has 0 unspecified atom stereocenters. The zero-order chi connectivity index (χ0) is 25.6. The van der Waals surface area contributed by atoms with Crippen LogP contribution in [0, 0.1) is 17.5 Å². The van der Waals surface area contributed by atoms with Crippen LogP contribution in [0.5, 0.6) is 0 Å². The summed E-state index contributed by atoms with van der Waals surface area (Å²) in [5.74, 6) is -4.08. The second-order valence-corrected chi connectivity index (χ2v) is 9.56. The molecule has 0 bridgehead atoms. The molecule has 0 aliphatic heterocycles. The number of hydrogen-bond donors (Lipinski definition) is 3. The van der Waals surface area contributed by atoms with Gasteiger partial charge in [0, 0.05) is 35.5 Å². The molecule has 1 aliphatic carbocycles. The average Bonchev–Trinajstić information content (AvgIpc) is 3.55. The summed E-state index contributed by atoms with van der Waals surface area (Å²) in [6, 6.07) is 8.99. The van der Waals surface area contributed by atoms with Gasteiger partial charge in [0.15, 0.2) is 28.9 Å². The lowest BCUT2D eigenvalue weighted by molar-refractivity contribution is 0.0940. The molecule has 36 heavy (non-hydrogen) atoms. The van der Waals surface area contributed by atoms with E-state index in [9.17, 15) is 23.1 Å². The number of nitrogens with zero attached hydrogens (tertiary/aromatic N) is 3. The van der Waals surface area contributed by atoms with Crippen molar-refractivity contribution < 1.29 is 23.1 Å². The third-order valence-electron chi connectivity index (χ3n) is 5.82. The van der Waals surface area contributed by atoms with E-state index in [0.717, 1.165) is 30.5 Å². The van der Waals surface area contributed by atoms with Gasteiger partial charge in [-0.2, -0.15) is 0 Å². The van der Waals surface area contributed by atoms with Gasteiger partial charge in [-0.1, -0.05) is 12.1 Å². The molecular formula is C26H24F3N5O2. The van der Waals surface area contributed by atoms with E-state index in [0.29, 0.717) is 16.9 Å². The number of rotatable bonds is 7. The molecule has 7 nitrogen and oxygen atoms in total. The van der Waals surface area contributed by atoms with E-state index in [1.165, 1.54) is 0 Å². The minimum absolute atomic E-state index is 0.0337. The highest BCUT2D eigenvalue weighted by atomic mass is 19.2. The van der Waals surface area contributed by atoms with Crippen molar-refractivity contribution in [2.24, 2.45) is 0 Å². The lowest BCUT2D eigenvalue weighted by Gasteiger charge is -2.19.